The number of rotatable bonds is 2. The maximum absolute atomic E-state index is 5.79. The van der Waals surface area contributed by atoms with Gasteiger partial charge in [0.25, 0.3) is 0 Å². The first kappa shape index (κ1) is 8.47. The van der Waals surface area contributed by atoms with E-state index in [-0.39, 0.29) is 0 Å². The zero-order valence-electron chi connectivity index (χ0n) is 6.57. The molecule has 0 atom stereocenters. The molecular formula is C8H6ClN3S. The number of aromatic nitrogens is 2. The van der Waals surface area contributed by atoms with Gasteiger partial charge in [0.2, 0.25) is 0 Å². The summed E-state index contributed by atoms with van der Waals surface area (Å²) < 4.78 is 0. The summed E-state index contributed by atoms with van der Waals surface area (Å²) in [4.78, 5) is 8.15. The normalized spacial score (nSPS) is 9.92. The predicted octanol–water partition coefficient (Wildman–Crippen LogP) is 2.94. The van der Waals surface area contributed by atoms with Crippen molar-refractivity contribution in [3.05, 3.63) is 34.9 Å². The van der Waals surface area contributed by atoms with Gasteiger partial charge >= 0.3 is 0 Å². The lowest BCUT2D eigenvalue weighted by Crippen LogP contribution is -1.91. The molecule has 2 aromatic rings. The van der Waals surface area contributed by atoms with E-state index in [0.717, 1.165) is 5.13 Å². The summed E-state index contributed by atoms with van der Waals surface area (Å²) in [6, 6.07) is 3.48. The molecule has 13 heavy (non-hydrogen) atoms. The zero-order chi connectivity index (χ0) is 9.10. The van der Waals surface area contributed by atoms with Crippen molar-refractivity contribution in [1.29, 1.82) is 0 Å². The lowest BCUT2D eigenvalue weighted by molar-refractivity contribution is 1.29. The van der Waals surface area contributed by atoms with Crippen molar-refractivity contribution in [1.82, 2.24) is 9.97 Å². The zero-order valence-corrected chi connectivity index (χ0v) is 8.14. The summed E-state index contributed by atoms with van der Waals surface area (Å²) in [5, 5.41) is 6.41. The Labute approximate surface area is 84.4 Å². The summed E-state index contributed by atoms with van der Waals surface area (Å²) >= 11 is 7.31. The molecule has 0 amide bonds. The molecule has 0 spiro atoms. The number of thiazole rings is 1. The number of hydrogen-bond acceptors (Lipinski definition) is 4. The summed E-state index contributed by atoms with van der Waals surface area (Å²) in [7, 11) is 0. The number of nitrogens with one attached hydrogen (secondary N) is 1. The molecule has 0 bridgehead atoms. The van der Waals surface area contributed by atoms with Gasteiger partial charge in [0.05, 0.1) is 0 Å². The van der Waals surface area contributed by atoms with Gasteiger partial charge in [-0.05, 0) is 12.1 Å². The minimum Gasteiger partial charge on any atom is -0.316 e. The smallest absolute Gasteiger partial charge is 0.188 e. The highest BCUT2D eigenvalue weighted by atomic mass is 35.5. The van der Waals surface area contributed by atoms with Gasteiger partial charge in [-0.25, -0.2) is 9.97 Å². The van der Waals surface area contributed by atoms with Gasteiger partial charge in [-0.15, -0.1) is 11.3 Å². The molecular weight excluding hydrogens is 206 g/mol. The molecule has 0 fully saturated rings. The van der Waals surface area contributed by atoms with Crippen LogP contribution in [0, 0.1) is 0 Å². The highest BCUT2D eigenvalue weighted by molar-refractivity contribution is 7.13. The third-order valence-corrected chi connectivity index (χ3v) is 2.31. The average molecular weight is 212 g/mol. The van der Waals surface area contributed by atoms with Crippen molar-refractivity contribution in [2.75, 3.05) is 5.32 Å². The molecule has 2 heterocycles. The van der Waals surface area contributed by atoms with E-state index in [1.54, 1.807) is 24.5 Å². The molecule has 2 aromatic heterocycles. The molecule has 0 aliphatic heterocycles. The largest absolute Gasteiger partial charge is 0.316 e. The van der Waals surface area contributed by atoms with Crippen LogP contribution in [-0.4, -0.2) is 9.97 Å². The fourth-order valence-corrected chi connectivity index (χ4v) is 1.56. The molecule has 1 N–H and O–H groups in total. The second kappa shape index (κ2) is 3.72. The molecule has 0 saturated heterocycles. The Morgan fingerprint density at radius 1 is 1.31 bits per heavy atom. The first-order valence-corrected chi connectivity index (χ1v) is 4.88. The quantitative estimate of drug-likeness (QED) is 0.830. The van der Waals surface area contributed by atoms with E-state index in [2.05, 4.69) is 15.3 Å². The van der Waals surface area contributed by atoms with Crippen molar-refractivity contribution >= 4 is 33.9 Å². The summed E-state index contributed by atoms with van der Waals surface area (Å²) in [6.45, 7) is 0. The van der Waals surface area contributed by atoms with Crippen LogP contribution in [-0.2, 0) is 0 Å². The van der Waals surface area contributed by atoms with E-state index in [0.29, 0.717) is 10.8 Å². The Morgan fingerprint density at radius 3 is 2.92 bits per heavy atom. The second-order valence-corrected chi connectivity index (χ2v) is 3.65. The maximum atomic E-state index is 5.79. The third kappa shape index (κ3) is 2.17. The van der Waals surface area contributed by atoms with E-state index in [4.69, 9.17) is 11.6 Å². The van der Waals surface area contributed by atoms with Crippen LogP contribution in [0.15, 0.2) is 29.9 Å². The first-order valence-electron chi connectivity index (χ1n) is 3.63. The molecule has 2 rings (SSSR count). The topological polar surface area (TPSA) is 37.8 Å². The van der Waals surface area contributed by atoms with Crippen LogP contribution in [0.2, 0.25) is 5.02 Å². The number of halogens is 1. The van der Waals surface area contributed by atoms with Crippen molar-refractivity contribution in [2.45, 2.75) is 0 Å². The fourth-order valence-electron chi connectivity index (χ4n) is 0.868. The van der Waals surface area contributed by atoms with Gasteiger partial charge in [0.1, 0.15) is 5.82 Å². The maximum Gasteiger partial charge on any atom is 0.188 e. The van der Waals surface area contributed by atoms with Crippen molar-refractivity contribution in [2.24, 2.45) is 0 Å². The van der Waals surface area contributed by atoms with E-state index < -0.39 is 0 Å². The van der Waals surface area contributed by atoms with Gasteiger partial charge in [-0.3, -0.25) is 0 Å². The Bertz CT molecular complexity index is 388. The van der Waals surface area contributed by atoms with Gasteiger partial charge in [0.15, 0.2) is 5.13 Å². The number of nitrogens with zero attached hydrogens (tertiary/aromatic N) is 2. The molecule has 0 saturated carbocycles. The fraction of sp³-hybridized carbons (Fsp3) is 0. The Balaban J connectivity index is 2.19. The number of hydrogen-bond donors (Lipinski definition) is 1. The molecule has 0 aliphatic carbocycles. The van der Waals surface area contributed by atoms with Crippen LogP contribution in [0.1, 0.15) is 0 Å². The highest BCUT2D eigenvalue weighted by Crippen LogP contribution is 2.18. The summed E-state index contributed by atoms with van der Waals surface area (Å²) in [5.74, 6) is 0.711. The second-order valence-electron chi connectivity index (χ2n) is 2.32. The van der Waals surface area contributed by atoms with Gasteiger partial charge in [0, 0.05) is 22.8 Å². The van der Waals surface area contributed by atoms with Crippen LogP contribution < -0.4 is 5.32 Å². The van der Waals surface area contributed by atoms with E-state index in [1.165, 1.54) is 11.3 Å². The summed E-state index contributed by atoms with van der Waals surface area (Å²) in [5.41, 5.74) is 0. The monoisotopic (exact) mass is 211 g/mol. The van der Waals surface area contributed by atoms with E-state index in [9.17, 15) is 0 Å². The van der Waals surface area contributed by atoms with Gasteiger partial charge < -0.3 is 5.32 Å². The molecule has 5 heteroatoms. The minimum atomic E-state index is 0.661. The first-order chi connectivity index (χ1) is 6.34. The van der Waals surface area contributed by atoms with Crippen molar-refractivity contribution in [3.8, 4) is 0 Å². The van der Waals surface area contributed by atoms with Gasteiger partial charge in [-0.2, -0.15) is 0 Å². The average Bonchev–Trinajstić information content (AvgIpc) is 2.57. The van der Waals surface area contributed by atoms with E-state index >= 15 is 0 Å². The van der Waals surface area contributed by atoms with E-state index in [1.807, 2.05) is 5.38 Å². The molecule has 66 valence electrons. The lowest BCUT2D eigenvalue weighted by atomic mass is 10.5. The molecule has 0 aliphatic rings. The highest BCUT2D eigenvalue weighted by Gasteiger charge is 1.97. The third-order valence-electron chi connectivity index (χ3n) is 1.39. The Kier molecular flexibility index (Phi) is 2.42. The van der Waals surface area contributed by atoms with Crippen LogP contribution in [0.5, 0.6) is 0 Å². The Morgan fingerprint density at radius 2 is 2.23 bits per heavy atom. The molecule has 0 radical (unpaired) electrons. The number of anilines is 2. The molecule has 0 aromatic carbocycles. The SMILES string of the molecule is Clc1ccnc(Nc2nccs2)c1. The lowest BCUT2D eigenvalue weighted by Gasteiger charge is -2.00. The van der Waals surface area contributed by atoms with Crippen LogP contribution >= 0.6 is 22.9 Å². The van der Waals surface area contributed by atoms with Crippen LogP contribution in [0.3, 0.4) is 0 Å². The van der Waals surface area contributed by atoms with Crippen molar-refractivity contribution in [3.63, 3.8) is 0 Å². The van der Waals surface area contributed by atoms with Crippen LogP contribution in [0.4, 0.5) is 10.9 Å². The minimum absolute atomic E-state index is 0.661. The predicted molar refractivity (Wildman–Crippen MR) is 54.6 cm³/mol. The Hall–Kier alpha value is -1.13. The number of pyridine rings is 1. The summed E-state index contributed by atoms with van der Waals surface area (Å²) in [6.07, 6.45) is 3.38. The van der Waals surface area contributed by atoms with Crippen LogP contribution in [0.25, 0.3) is 0 Å². The van der Waals surface area contributed by atoms with Crippen molar-refractivity contribution < 1.29 is 0 Å². The molecule has 3 nitrogen and oxygen atoms in total. The standard InChI is InChI=1S/C8H6ClN3S/c9-6-1-2-10-7(5-6)12-8-11-3-4-13-8/h1-5H,(H,10,11,12). The molecule has 0 unspecified atom stereocenters. The van der Waals surface area contributed by atoms with Gasteiger partial charge in [-0.1, -0.05) is 11.6 Å².